The van der Waals surface area contributed by atoms with E-state index in [1.54, 1.807) is 0 Å². The van der Waals surface area contributed by atoms with Crippen molar-refractivity contribution in [3.05, 3.63) is 35.9 Å². The molecule has 0 aliphatic carbocycles. The first-order valence-electron chi connectivity index (χ1n) is 10.2. The molecule has 26 heavy (non-hydrogen) atoms. The molecule has 2 aromatic rings. The smallest absolute Gasteiger partial charge is 0.123 e. The van der Waals surface area contributed by atoms with Gasteiger partial charge in [-0.05, 0) is 54.7 Å². The minimum atomic E-state index is 0.802. The predicted molar refractivity (Wildman–Crippen MR) is 116 cm³/mol. The molecule has 0 amide bonds. The molecule has 0 atom stereocenters. The van der Waals surface area contributed by atoms with Crippen molar-refractivity contribution >= 4 is 26.7 Å². The quantitative estimate of drug-likeness (QED) is 0.249. The van der Waals surface area contributed by atoms with Gasteiger partial charge >= 0.3 is 0 Å². The minimum Gasteiger partial charge on any atom is -0.494 e. The van der Waals surface area contributed by atoms with E-state index in [1.807, 2.05) is 0 Å². The van der Waals surface area contributed by atoms with Crippen molar-refractivity contribution in [2.45, 2.75) is 65.2 Å². The normalized spacial score (nSPS) is 11.0. The Labute approximate surface area is 167 Å². The maximum atomic E-state index is 6.10. The third kappa shape index (κ3) is 6.50. The maximum absolute atomic E-state index is 6.10. The van der Waals surface area contributed by atoms with E-state index in [0.717, 1.165) is 49.3 Å². The van der Waals surface area contributed by atoms with E-state index in [-0.39, 0.29) is 0 Å². The van der Waals surface area contributed by atoms with E-state index in [4.69, 9.17) is 9.47 Å². The highest BCUT2D eigenvalue weighted by Crippen LogP contribution is 2.31. The number of benzene rings is 2. The van der Waals surface area contributed by atoms with Gasteiger partial charge in [0, 0.05) is 10.9 Å². The van der Waals surface area contributed by atoms with Crippen LogP contribution in [0, 0.1) is 0 Å². The number of alkyl halides is 1. The lowest BCUT2D eigenvalue weighted by Crippen LogP contribution is -2.01. The molecule has 0 saturated heterocycles. The highest BCUT2D eigenvalue weighted by Gasteiger charge is 2.08. The van der Waals surface area contributed by atoms with Crippen LogP contribution in [-0.4, -0.2) is 18.5 Å². The van der Waals surface area contributed by atoms with Crippen LogP contribution in [0.3, 0.4) is 0 Å². The molecular formula is C23H33BrO2. The summed E-state index contributed by atoms with van der Waals surface area (Å²) in [4.78, 5) is 0. The fourth-order valence-electron chi connectivity index (χ4n) is 3.22. The van der Waals surface area contributed by atoms with Crippen molar-refractivity contribution in [2.75, 3.05) is 18.5 Å². The van der Waals surface area contributed by atoms with Gasteiger partial charge in [0.25, 0.3) is 0 Å². The van der Waals surface area contributed by atoms with Gasteiger partial charge in [0.1, 0.15) is 11.5 Å². The molecule has 0 fully saturated rings. The average molecular weight is 421 g/mol. The molecule has 0 spiro atoms. The van der Waals surface area contributed by atoms with E-state index < -0.39 is 0 Å². The van der Waals surface area contributed by atoms with Crippen molar-refractivity contribution < 1.29 is 9.47 Å². The largest absolute Gasteiger partial charge is 0.494 e. The lowest BCUT2D eigenvalue weighted by Gasteiger charge is -2.14. The van der Waals surface area contributed by atoms with Gasteiger partial charge < -0.3 is 9.47 Å². The molecule has 3 heteroatoms. The summed E-state index contributed by atoms with van der Waals surface area (Å²) in [5, 5.41) is 3.62. The zero-order chi connectivity index (χ0) is 18.6. The Balaban J connectivity index is 1.99. The summed E-state index contributed by atoms with van der Waals surface area (Å²) in [6.45, 7) is 6.02. The molecule has 0 N–H and O–H groups in total. The third-order valence-electron chi connectivity index (χ3n) is 4.72. The lowest BCUT2D eigenvalue weighted by atomic mass is 10.0. The van der Waals surface area contributed by atoms with Gasteiger partial charge in [-0.2, -0.15) is 0 Å². The third-order valence-corrected chi connectivity index (χ3v) is 5.28. The maximum Gasteiger partial charge on any atom is 0.123 e. The van der Waals surface area contributed by atoms with Crippen molar-refractivity contribution in [2.24, 2.45) is 0 Å². The highest BCUT2D eigenvalue weighted by atomic mass is 79.9. The Bertz CT molecular complexity index is 654. The molecule has 0 heterocycles. The van der Waals surface area contributed by atoms with Crippen LogP contribution in [0.2, 0.25) is 0 Å². The number of hydrogen-bond acceptors (Lipinski definition) is 2. The second kappa shape index (κ2) is 12.2. The summed E-state index contributed by atoms with van der Waals surface area (Å²) in [5.74, 6) is 2.01. The molecule has 2 nitrogen and oxygen atoms in total. The number of hydrogen-bond donors (Lipinski definition) is 0. The van der Waals surface area contributed by atoms with E-state index in [2.05, 4.69) is 60.1 Å². The number of ether oxygens (including phenoxy) is 2. The molecular weight excluding hydrogens is 388 g/mol. The molecule has 2 aromatic carbocycles. The zero-order valence-corrected chi connectivity index (χ0v) is 17.9. The zero-order valence-electron chi connectivity index (χ0n) is 16.4. The number of halogens is 1. The van der Waals surface area contributed by atoms with Crippen LogP contribution in [0.15, 0.2) is 30.3 Å². The Hall–Kier alpha value is -1.22. The average Bonchev–Trinajstić information content (AvgIpc) is 2.67. The second-order valence-electron chi connectivity index (χ2n) is 6.79. The molecule has 0 unspecified atom stereocenters. The second-order valence-corrected chi connectivity index (χ2v) is 7.58. The molecule has 0 bridgehead atoms. The summed E-state index contributed by atoms with van der Waals surface area (Å²) in [5.41, 5.74) is 1.31. The topological polar surface area (TPSA) is 18.5 Å². The highest BCUT2D eigenvalue weighted by molar-refractivity contribution is 9.09. The summed E-state index contributed by atoms with van der Waals surface area (Å²) in [6, 6.07) is 10.7. The van der Waals surface area contributed by atoms with Crippen molar-refractivity contribution in [3.63, 3.8) is 0 Å². The van der Waals surface area contributed by atoms with Gasteiger partial charge in [0.2, 0.25) is 0 Å². The first-order chi connectivity index (χ1) is 12.8. The fourth-order valence-corrected chi connectivity index (χ4v) is 3.61. The van der Waals surface area contributed by atoms with E-state index in [1.165, 1.54) is 48.4 Å². The number of rotatable bonds is 13. The first kappa shape index (κ1) is 21.1. The summed E-state index contributed by atoms with van der Waals surface area (Å²) in [7, 11) is 0. The summed E-state index contributed by atoms with van der Waals surface area (Å²) >= 11 is 3.48. The van der Waals surface area contributed by atoms with Crippen LogP contribution in [-0.2, 0) is 6.42 Å². The number of aryl methyl sites for hydroxylation is 1. The molecule has 0 radical (unpaired) electrons. The Morgan fingerprint density at radius 1 is 0.808 bits per heavy atom. The van der Waals surface area contributed by atoms with Crippen LogP contribution in [0.4, 0.5) is 0 Å². The molecule has 0 aromatic heterocycles. The van der Waals surface area contributed by atoms with Gasteiger partial charge in [0.05, 0.1) is 13.2 Å². The van der Waals surface area contributed by atoms with Gasteiger partial charge in [0.15, 0.2) is 0 Å². The predicted octanol–water partition coefficient (Wildman–Crippen LogP) is 7.31. The molecule has 144 valence electrons. The fraction of sp³-hybridized carbons (Fsp3) is 0.565. The van der Waals surface area contributed by atoms with Crippen LogP contribution in [0.1, 0.15) is 64.4 Å². The molecule has 0 aliphatic rings. The van der Waals surface area contributed by atoms with E-state index >= 15 is 0 Å². The molecule has 2 rings (SSSR count). The van der Waals surface area contributed by atoms with Crippen molar-refractivity contribution in [3.8, 4) is 11.5 Å². The number of unbranched alkanes of at least 4 members (excludes halogenated alkanes) is 5. The molecule has 0 aliphatic heterocycles. The van der Waals surface area contributed by atoms with Gasteiger partial charge in [-0.25, -0.2) is 0 Å². The first-order valence-corrected chi connectivity index (χ1v) is 11.3. The number of fused-ring (bicyclic) bond motifs is 1. The Morgan fingerprint density at radius 3 is 2.35 bits per heavy atom. The summed E-state index contributed by atoms with van der Waals surface area (Å²) in [6.07, 6.45) is 9.43. The Kier molecular flexibility index (Phi) is 9.91. The van der Waals surface area contributed by atoms with Crippen LogP contribution in [0.5, 0.6) is 11.5 Å². The lowest BCUT2D eigenvalue weighted by molar-refractivity contribution is 0.302. The van der Waals surface area contributed by atoms with Gasteiger partial charge in [-0.1, -0.05) is 67.6 Å². The van der Waals surface area contributed by atoms with Crippen LogP contribution >= 0.6 is 15.9 Å². The van der Waals surface area contributed by atoms with Gasteiger partial charge in [-0.3, -0.25) is 0 Å². The minimum absolute atomic E-state index is 0.802. The summed E-state index contributed by atoms with van der Waals surface area (Å²) < 4.78 is 12.0. The van der Waals surface area contributed by atoms with E-state index in [9.17, 15) is 0 Å². The van der Waals surface area contributed by atoms with Crippen LogP contribution < -0.4 is 9.47 Å². The monoisotopic (exact) mass is 420 g/mol. The Morgan fingerprint density at radius 2 is 1.58 bits per heavy atom. The van der Waals surface area contributed by atoms with Crippen LogP contribution in [0.25, 0.3) is 10.8 Å². The molecule has 0 saturated carbocycles. The standard InChI is InChI=1S/C23H33BrO2/c1-3-5-9-16-25-20-12-13-22-19(18-20)11-14-23(21(22)4-2)26-17-10-7-6-8-15-24/h11-14,18H,3-10,15-17H2,1-2H3. The van der Waals surface area contributed by atoms with E-state index in [0.29, 0.717) is 0 Å². The van der Waals surface area contributed by atoms with Crippen molar-refractivity contribution in [1.29, 1.82) is 0 Å². The van der Waals surface area contributed by atoms with Crippen molar-refractivity contribution in [1.82, 2.24) is 0 Å². The SMILES string of the molecule is CCCCCOc1ccc2c(CC)c(OCCCCCCBr)ccc2c1. The van der Waals surface area contributed by atoms with Gasteiger partial charge in [-0.15, -0.1) is 0 Å².